The molecule has 0 saturated heterocycles. The molecule has 6 nitrogen and oxygen atoms in total. The Kier molecular flexibility index (Phi) is 6.29. The first-order valence-electron chi connectivity index (χ1n) is 9.03. The highest BCUT2D eigenvalue weighted by Gasteiger charge is 2.22. The second kappa shape index (κ2) is 8.87. The van der Waals surface area contributed by atoms with Crippen molar-refractivity contribution in [2.45, 2.75) is 27.4 Å². The van der Waals surface area contributed by atoms with Gasteiger partial charge in [-0.05, 0) is 37.1 Å². The Hall–Kier alpha value is -3.19. The predicted molar refractivity (Wildman–Crippen MR) is 113 cm³/mol. The van der Waals surface area contributed by atoms with Gasteiger partial charge in [-0.25, -0.2) is 9.78 Å². The molecule has 1 heterocycles. The van der Waals surface area contributed by atoms with Crippen LogP contribution in [0.2, 0.25) is 0 Å². The zero-order chi connectivity index (χ0) is 21.0. The number of ether oxygens (including phenoxy) is 2. The largest absolute Gasteiger partial charge is 0.496 e. The molecule has 0 aliphatic heterocycles. The fraction of sp³-hybridized carbons (Fsp3) is 0.227. The van der Waals surface area contributed by atoms with Gasteiger partial charge in [-0.1, -0.05) is 30.3 Å². The van der Waals surface area contributed by atoms with Crippen LogP contribution in [0.25, 0.3) is 0 Å². The number of aryl methyl sites for hydroxylation is 2. The second-order valence-corrected chi connectivity index (χ2v) is 7.33. The minimum absolute atomic E-state index is 0.00583. The van der Waals surface area contributed by atoms with Crippen molar-refractivity contribution in [2.24, 2.45) is 0 Å². The molecular formula is C22H22N2O4S. The predicted octanol–water partition coefficient (Wildman–Crippen LogP) is 4.81. The van der Waals surface area contributed by atoms with Gasteiger partial charge in [0.1, 0.15) is 17.9 Å². The van der Waals surface area contributed by atoms with E-state index >= 15 is 0 Å². The standard InChI is InChI=1S/C22H22N2O4S/c1-14-8-7-9-15(2)20(14)24(16(3)25)22-23-17(13-29-22)12-28-21(26)18-10-5-6-11-19(18)27-4/h5-11,13H,12H2,1-4H3. The summed E-state index contributed by atoms with van der Waals surface area (Å²) in [4.78, 5) is 30.9. The number of rotatable bonds is 6. The molecule has 0 saturated carbocycles. The summed E-state index contributed by atoms with van der Waals surface area (Å²) in [6.07, 6.45) is 0. The highest BCUT2D eigenvalue weighted by Crippen LogP contribution is 2.34. The minimum atomic E-state index is -0.491. The summed E-state index contributed by atoms with van der Waals surface area (Å²) >= 11 is 1.33. The van der Waals surface area contributed by atoms with E-state index in [4.69, 9.17) is 9.47 Å². The summed E-state index contributed by atoms with van der Waals surface area (Å²) < 4.78 is 10.6. The number of esters is 1. The molecule has 2 aromatic carbocycles. The average Bonchev–Trinajstić information content (AvgIpc) is 3.17. The number of anilines is 2. The minimum Gasteiger partial charge on any atom is -0.496 e. The van der Waals surface area contributed by atoms with Crippen LogP contribution in [-0.4, -0.2) is 24.0 Å². The first kappa shape index (κ1) is 20.5. The highest BCUT2D eigenvalue weighted by molar-refractivity contribution is 7.14. The van der Waals surface area contributed by atoms with E-state index in [0.717, 1.165) is 16.8 Å². The van der Waals surface area contributed by atoms with E-state index in [2.05, 4.69) is 4.98 Å². The molecule has 0 aliphatic rings. The molecule has 1 aromatic heterocycles. The number of hydrogen-bond donors (Lipinski definition) is 0. The molecule has 29 heavy (non-hydrogen) atoms. The lowest BCUT2D eigenvalue weighted by Crippen LogP contribution is -2.24. The van der Waals surface area contributed by atoms with Crippen molar-refractivity contribution >= 4 is 34.0 Å². The van der Waals surface area contributed by atoms with E-state index in [1.807, 2.05) is 32.0 Å². The smallest absolute Gasteiger partial charge is 0.342 e. The summed E-state index contributed by atoms with van der Waals surface area (Å²) in [6, 6.07) is 12.8. The molecule has 0 N–H and O–H groups in total. The summed E-state index contributed by atoms with van der Waals surface area (Å²) in [5.41, 5.74) is 3.73. The van der Waals surface area contributed by atoms with Crippen molar-refractivity contribution in [1.82, 2.24) is 4.98 Å². The average molecular weight is 410 g/mol. The fourth-order valence-electron chi connectivity index (χ4n) is 3.04. The van der Waals surface area contributed by atoms with Crippen molar-refractivity contribution in [3.8, 4) is 5.75 Å². The Morgan fingerprint density at radius 2 is 1.76 bits per heavy atom. The van der Waals surface area contributed by atoms with Gasteiger partial charge < -0.3 is 9.47 Å². The second-order valence-electron chi connectivity index (χ2n) is 6.49. The summed E-state index contributed by atoms with van der Waals surface area (Å²) in [5.74, 6) is -0.168. The van der Waals surface area contributed by atoms with Crippen LogP contribution in [0.15, 0.2) is 47.8 Å². The quantitative estimate of drug-likeness (QED) is 0.546. The maximum Gasteiger partial charge on any atom is 0.342 e. The first-order valence-corrected chi connectivity index (χ1v) is 9.91. The van der Waals surface area contributed by atoms with Gasteiger partial charge in [0.05, 0.1) is 18.5 Å². The number of methoxy groups -OCH3 is 1. The van der Waals surface area contributed by atoms with E-state index in [1.165, 1.54) is 25.4 Å². The van der Waals surface area contributed by atoms with Gasteiger partial charge in [-0.2, -0.15) is 0 Å². The molecule has 0 bridgehead atoms. The lowest BCUT2D eigenvalue weighted by Gasteiger charge is -2.22. The molecule has 0 atom stereocenters. The third kappa shape index (κ3) is 4.46. The Morgan fingerprint density at radius 3 is 2.41 bits per heavy atom. The Labute approximate surface area is 173 Å². The Balaban J connectivity index is 1.79. The topological polar surface area (TPSA) is 68.7 Å². The molecule has 0 aliphatic carbocycles. The van der Waals surface area contributed by atoms with E-state index < -0.39 is 5.97 Å². The van der Waals surface area contributed by atoms with Crippen molar-refractivity contribution in [2.75, 3.05) is 12.0 Å². The fourth-order valence-corrected chi connectivity index (χ4v) is 3.90. The Bertz CT molecular complexity index is 1020. The zero-order valence-corrected chi connectivity index (χ0v) is 17.6. The normalized spacial score (nSPS) is 10.5. The van der Waals surface area contributed by atoms with Crippen molar-refractivity contribution < 1.29 is 19.1 Å². The molecular weight excluding hydrogens is 388 g/mol. The van der Waals surface area contributed by atoms with Crippen LogP contribution in [0.5, 0.6) is 5.75 Å². The molecule has 0 spiro atoms. The van der Waals surface area contributed by atoms with E-state index in [-0.39, 0.29) is 12.5 Å². The van der Waals surface area contributed by atoms with Crippen LogP contribution in [-0.2, 0) is 16.1 Å². The van der Waals surface area contributed by atoms with E-state index in [1.54, 1.807) is 34.5 Å². The number of carbonyl (C=O) groups excluding carboxylic acids is 2. The zero-order valence-electron chi connectivity index (χ0n) is 16.8. The summed E-state index contributed by atoms with van der Waals surface area (Å²) in [6.45, 7) is 5.43. The molecule has 150 valence electrons. The van der Waals surface area contributed by atoms with Crippen molar-refractivity contribution in [3.05, 3.63) is 70.2 Å². The van der Waals surface area contributed by atoms with Gasteiger partial charge in [0, 0.05) is 12.3 Å². The SMILES string of the molecule is COc1ccccc1C(=O)OCc1csc(N(C(C)=O)c2c(C)cccc2C)n1. The number of nitrogens with zero attached hydrogens (tertiary/aromatic N) is 2. The molecule has 0 radical (unpaired) electrons. The van der Waals surface area contributed by atoms with Gasteiger partial charge in [-0.15, -0.1) is 11.3 Å². The van der Waals surface area contributed by atoms with Crippen LogP contribution in [0.1, 0.15) is 34.1 Å². The molecule has 1 amide bonds. The lowest BCUT2D eigenvalue weighted by molar-refractivity contribution is -0.115. The molecule has 3 rings (SSSR count). The lowest BCUT2D eigenvalue weighted by atomic mass is 10.1. The van der Waals surface area contributed by atoms with Crippen LogP contribution in [0, 0.1) is 13.8 Å². The summed E-state index contributed by atoms with van der Waals surface area (Å²) in [5, 5.41) is 2.33. The monoisotopic (exact) mass is 410 g/mol. The maximum atomic E-state index is 12.4. The number of carbonyl (C=O) groups is 2. The molecule has 0 fully saturated rings. The van der Waals surface area contributed by atoms with Crippen LogP contribution in [0.4, 0.5) is 10.8 Å². The number of aromatic nitrogens is 1. The number of benzene rings is 2. The van der Waals surface area contributed by atoms with Crippen molar-refractivity contribution in [3.63, 3.8) is 0 Å². The first-order chi connectivity index (χ1) is 13.9. The number of amides is 1. The highest BCUT2D eigenvalue weighted by atomic mass is 32.1. The molecule has 3 aromatic rings. The van der Waals surface area contributed by atoms with E-state index in [0.29, 0.717) is 22.1 Å². The molecule has 0 unspecified atom stereocenters. The van der Waals surface area contributed by atoms with Gasteiger partial charge in [0.15, 0.2) is 5.13 Å². The third-order valence-corrected chi connectivity index (χ3v) is 5.26. The van der Waals surface area contributed by atoms with Crippen molar-refractivity contribution in [1.29, 1.82) is 0 Å². The van der Waals surface area contributed by atoms with Gasteiger partial charge in [0.25, 0.3) is 0 Å². The van der Waals surface area contributed by atoms with Crippen LogP contribution >= 0.6 is 11.3 Å². The third-order valence-electron chi connectivity index (χ3n) is 4.39. The summed E-state index contributed by atoms with van der Waals surface area (Å²) in [7, 11) is 1.50. The maximum absolute atomic E-state index is 12.4. The Morgan fingerprint density at radius 1 is 1.07 bits per heavy atom. The number of thiazole rings is 1. The number of hydrogen-bond acceptors (Lipinski definition) is 6. The van der Waals surface area contributed by atoms with Crippen LogP contribution < -0.4 is 9.64 Å². The number of para-hydroxylation sites is 2. The van der Waals surface area contributed by atoms with Gasteiger partial charge >= 0.3 is 5.97 Å². The van der Waals surface area contributed by atoms with Gasteiger partial charge in [0.2, 0.25) is 5.91 Å². The van der Waals surface area contributed by atoms with Crippen LogP contribution in [0.3, 0.4) is 0 Å². The molecule has 7 heteroatoms. The van der Waals surface area contributed by atoms with E-state index in [9.17, 15) is 9.59 Å². The van der Waals surface area contributed by atoms with Gasteiger partial charge in [-0.3, -0.25) is 9.69 Å².